The molecule has 0 atom stereocenters. The molecule has 0 radical (unpaired) electrons. The van der Waals surface area contributed by atoms with Crippen LogP contribution in [0.4, 0.5) is 10.5 Å². The first-order valence-corrected chi connectivity index (χ1v) is 3.76. The summed E-state index contributed by atoms with van der Waals surface area (Å²) in [5.74, 6) is -0.188. The van der Waals surface area contributed by atoms with E-state index in [1.807, 2.05) is 0 Å². The van der Waals surface area contributed by atoms with Crippen LogP contribution >= 0.6 is 11.6 Å². The standard InChI is InChI=1S/C7H4ClNO5/c8-7(10)14-13-6-4-2-1-3-5(6)9(11)12/h1-4H. The van der Waals surface area contributed by atoms with Gasteiger partial charge in [0.25, 0.3) is 5.75 Å². The molecule has 0 fully saturated rings. The monoisotopic (exact) mass is 217 g/mol. The maximum Gasteiger partial charge on any atom is 0.448 e. The molecule has 0 aliphatic rings. The zero-order valence-corrected chi connectivity index (χ0v) is 7.43. The third kappa shape index (κ3) is 2.60. The fourth-order valence-corrected chi connectivity index (χ4v) is 0.788. The predicted octanol–water partition coefficient (Wildman–Crippen LogP) is 2.26. The Hall–Kier alpha value is -1.82. The molecule has 0 spiro atoms. The quantitative estimate of drug-likeness (QED) is 0.336. The van der Waals surface area contributed by atoms with E-state index in [4.69, 9.17) is 11.6 Å². The summed E-state index contributed by atoms with van der Waals surface area (Å²) in [6.07, 6.45) is 0. The summed E-state index contributed by atoms with van der Waals surface area (Å²) in [7, 11) is 0. The van der Waals surface area contributed by atoms with E-state index < -0.39 is 10.4 Å². The van der Waals surface area contributed by atoms with E-state index in [0.717, 1.165) is 0 Å². The molecule has 7 heteroatoms. The summed E-state index contributed by atoms with van der Waals surface area (Å²) in [6.45, 7) is 0. The van der Waals surface area contributed by atoms with E-state index in [2.05, 4.69) is 9.78 Å². The third-order valence-corrected chi connectivity index (χ3v) is 1.32. The van der Waals surface area contributed by atoms with Crippen molar-refractivity contribution in [3.63, 3.8) is 0 Å². The molecule has 14 heavy (non-hydrogen) atoms. The van der Waals surface area contributed by atoms with Crippen molar-refractivity contribution in [1.82, 2.24) is 0 Å². The lowest BCUT2D eigenvalue weighted by atomic mass is 10.3. The zero-order chi connectivity index (χ0) is 10.6. The van der Waals surface area contributed by atoms with E-state index in [0.29, 0.717) is 0 Å². The van der Waals surface area contributed by atoms with E-state index in [9.17, 15) is 14.9 Å². The molecule has 0 N–H and O–H groups in total. The van der Waals surface area contributed by atoms with Crippen LogP contribution in [0, 0.1) is 10.1 Å². The number of rotatable bonds is 3. The van der Waals surface area contributed by atoms with Gasteiger partial charge in [0, 0.05) is 17.7 Å². The number of nitro groups is 1. The molecule has 0 saturated heterocycles. The first-order valence-electron chi connectivity index (χ1n) is 3.38. The average molecular weight is 218 g/mol. The van der Waals surface area contributed by atoms with E-state index in [1.54, 1.807) is 0 Å². The second-order valence-electron chi connectivity index (χ2n) is 2.13. The van der Waals surface area contributed by atoms with Crippen LogP contribution in [0.2, 0.25) is 0 Å². The second kappa shape index (κ2) is 4.43. The Morgan fingerprint density at radius 1 is 1.43 bits per heavy atom. The first-order chi connectivity index (χ1) is 6.61. The molecule has 0 bridgehead atoms. The molecule has 1 rings (SSSR count). The highest BCUT2D eigenvalue weighted by molar-refractivity contribution is 6.61. The Morgan fingerprint density at radius 2 is 2.07 bits per heavy atom. The molecule has 0 heterocycles. The van der Waals surface area contributed by atoms with Crippen LogP contribution in [0.1, 0.15) is 0 Å². The van der Waals surface area contributed by atoms with Crippen LogP contribution in [0.15, 0.2) is 24.3 Å². The number of para-hydroxylation sites is 2. The van der Waals surface area contributed by atoms with Gasteiger partial charge in [-0.1, -0.05) is 12.1 Å². The molecule has 1 aromatic rings. The second-order valence-corrected chi connectivity index (χ2v) is 2.44. The van der Waals surface area contributed by atoms with Crippen molar-refractivity contribution in [2.75, 3.05) is 0 Å². The summed E-state index contributed by atoms with van der Waals surface area (Å²) in [6, 6.07) is 5.42. The van der Waals surface area contributed by atoms with E-state index in [1.165, 1.54) is 24.3 Å². The van der Waals surface area contributed by atoms with Crippen molar-refractivity contribution < 1.29 is 19.5 Å². The van der Waals surface area contributed by atoms with Crippen molar-refractivity contribution >= 4 is 22.7 Å². The highest BCUT2D eigenvalue weighted by atomic mass is 35.5. The third-order valence-electron chi connectivity index (χ3n) is 1.26. The largest absolute Gasteiger partial charge is 0.448 e. The lowest BCUT2D eigenvalue weighted by molar-refractivity contribution is -0.387. The molecule has 0 aliphatic carbocycles. The fraction of sp³-hybridized carbons (Fsp3) is 0. The molecule has 1 aromatic carbocycles. The predicted molar refractivity (Wildman–Crippen MR) is 46.1 cm³/mol. The lowest BCUT2D eigenvalue weighted by Gasteiger charge is -2.00. The Morgan fingerprint density at radius 3 is 2.64 bits per heavy atom. The van der Waals surface area contributed by atoms with Crippen LogP contribution in [-0.2, 0) is 4.89 Å². The van der Waals surface area contributed by atoms with Gasteiger partial charge in [0.2, 0.25) is 0 Å². The average Bonchev–Trinajstić information content (AvgIpc) is 2.15. The van der Waals surface area contributed by atoms with Crippen LogP contribution in [-0.4, -0.2) is 10.4 Å². The van der Waals surface area contributed by atoms with Crippen molar-refractivity contribution in [3.05, 3.63) is 34.4 Å². The topological polar surface area (TPSA) is 78.7 Å². The van der Waals surface area contributed by atoms with Gasteiger partial charge < -0.3 is 0 Å². The van der Waals surface area contributed by atoms with Gasteiger partial charge in [0.1, 0.15) is 0 Å². The number of benzene rings is 1. The van der Waals surface area contributed by atoms with Gasteiger partial charge in [-0.2, -0.15) is 0 Å². The molecule has 6 nitrogen and oxygen atoms in total. The summed E-state index contributed by atoms with van der Waals surface area (Å²) in [5, 5.41) is 10.4. The molecule has 0 aromatic heterocycles. The number of hydrogen-bond acceptors (Lipinski definition) is 5. The molecule has 0 unspecified atom stereocenters. The Bertz CT molecular complexity index is 367. The van der Waals surface area contributed by atoms with Crippen molar-refractivity contribution in [1.29, 1.82) is 0 Å². The van der Waals surface area contributed by atoms with E-state index in [-0.39, 0.29) is 11.4 Å². The van der Waals surface area contributed by atoms with Gasteiger partial charge >= 0.3 is 11.1 Å². The maximum absolute atomic E-state index is 10.4. The SMILES string of the molecule is O=C(Cl)OOc1ccccc1[N+](=O)[O-]. The minimum atomic E-state index is -1.21. The molecular formula is C7H4ClNO5. The minimum Gasteiger partial charge on any atom is -0.278 e. The number of halogens is 1. The normalized spacial score (nSPS) is 9.21. The Labute approximate surface area is 83.1 Å². The lowest BCUT2D eigenvalue weighted by Crippen LogP contribution is -2.01. The molecule has 74 valence electrons. The highest BCUT2D eigenvalue weighted by Gasteiger charge is 2.15. The molecule has 0 amide bonds. The van der Waals surface area contributed by atoms with Crippen LogP contribution in [0.3, 0.4) is 0 Å². The van der Waals surface area contributed by atoms with Crippen molar-refractivity contribution in [2.24, 2.45) is 0 Å². The molecular weight excluding hydrogens is 214 g/mol. The molecule has 0 saturated carbocycles. The van der Waals surface area contributed by atoms with Crippen molar-refractivity contribution in [3.8, 4) is 5.75 Å². The number of carbonyl (C=O) groups excluding carboxylic acids is 1. The summed E-state index contributed by atoms with van der Waals surface area (Å²) in [5.41, 5.74) is -1.52. The van der Waals surface area contributed by atoms with Gasteiger partial charge in [-0.05, 0) is 6.07 Å². The summed E-state index contributed by atoms with van der Waals surface area (Å²) >= 11 is 4.80. The van der Waals surface area contributed by atoms with Crippen LogP contribution in [0.5, 0.6) is 5.75 Å². The summed E-state index contributed by atoms with van der Waals surface area (Å²) < 4.78 is 0. The van der Waals surface area contributed by atoms with Crippen molar-refractivity contribution in [2.45, 2.75) is 0 Å². The van der Waals surface area contributed by atoms with E-state index >= 15 is 0 Å². The smallest absolute Gasteiger partial charge is 0.278 e. The van der Waals surface area contributed by atoms with Crippen LogP contribution < -0.4 is 4.89 Å². The Balaban J connectivity index is 2.84. The number of nitrogens with zero attached hydrogens (tertiary/aromatic N) is 1. The fourth-order valence-electron chi connectivity index (χ4n) is 0.756. The summed E-state index contributed by atoms with van der Waals surface area (Å²) in [4.78, 5) is 28.2. The van der Waals surface area contributed by atoms with Gasteiger partial charge in [-0.3, -0.25) is 15.0 Å². The maximum atomic E-state index is 10.4. The highest BCUT2D eigenvalue weighted by Crippen LogP contribution is 2.25. The zero-order valence-electron chi connectivity index (χ0n) is 6.68. The van der Waals surface area contributed by atoms with Gasteiger partial charge in [0.05, 0.1) is 4.92 Å². The number of hydrogen-bond donors (Lipinski definition) is 0. The number of nitro benzene ring substituents is 1. The minimum absolute atomic E-state index is 0.188. The Kier molecular flexibility index (Phi) is 3.24. The van der Waals surface area contributed by atoms with Gasteiger partial charge in [-0.15, -0.1) is 0 Å². The van der Waals surface area contributed by atoms with Crippen LogP contribution in [0.25, 0.3) is 0 Å². The number of carbonyl (C=O) groups is 1. The van der Waals surface area contributed by atoms with Gasteiger partial charge in [0.15, 0.2) is 0 Å². The van der Waals surface area contributed by atoms with Gasteiger partial charge in [-0.25, -0.2) is 9.68 Å². The molecule has 0 aliphatic heterocycles. The first kappa shape index (κ1) is 10.3.